The van der Waals surface area contributed by atoms with Gasteiger partial charge in [-0.25, -0.2) is 14.2 Å². The third-order valence-corrected chi connectivity index (χ3v) is 5.11. The van der Waals surface area contributed by atoms with E-state index in [-0.39, 0.29) is 22.5 Å². The fourth-order valence-corrected chi connectivity index (χ4v) is 3.56. The number of carbonyl (C=O) groups excluding carboxylic acids is 3. The number of hydrogen-bond acceptors (Lipinski definition) is 6. The fraction of sp³-hybridized carbons (Fsp3) is 0.0833. The van der Waals surface area contributed by atoms with Crippen LogP contribution in [0.1, 0.15) is 27.5 Å². The molecule has 0 radical (unpaired) electrons. The first-order chi connectivity index (χ1) is 15.4. The molecular weight excluding hydrogens is 415 g/mol. The topological polar surface area (TPSA) is 96.8 Å². The molecule has 4 rings (SSSR count). The molecule has 1 saturated heterocycles. The van der Waals surface area contributed by atoms with Gasteiger partial charge in [-0.1, -0.05) is 18.2 Å². The maximum atomic E-state index is 13.4. The summed E-state index contributed by atoms with van der Waals surface area (Å²) in [6.07, 6.45) is 1.48. The molecule has 1 unspecified atom stereocenters. The van der Waals surface area contributed by atoms with Crippen LogP contribution in [0.15, 0.2) is 78.5 Å². The van der Waals surface area contributed by atoms with Crippen molar-refractivity contribution >= 4 is 29.2 Å². The number of Topliss-reactive ketones (excluding diaryl/α,β-unsaturated/α-hetero) is 1. The van der Waals surface area contributed by atoms with Crippen molar-refractivity contribution in [3.05, 3.63) is 101 Å². The van der Waals surface area contributed by atoms with E-state index >= 15 is 0 Å². The van der Waals surface area contributed by atoms with Crippen LogP contribution in [0.2, 0.25) is 0 Å². The number of aliphatic hydroxyl groups is 1. The maximum Gasteiger partial charge on any atom is 0.337 e. The summed E-state index contributed by atoms with van der Waals surface area (Å²) in [4.78, 5) is 43.1. The number of methoxy groups -OCH3 is 1. The van der Waals surface area contributed by atoms with Crippen LogP contribution in [-0.2, 0) is 14.3 Å². The number of carbonyl (C=O) groups is 3. The van der Waals surface area contributed by atoms with Gasteiger partial charge in [0.15, 0.2) is 0 Å². The van der Waals surface area contributed by atoms with E-state index in [1.165, 1.54) is 42.5 Å². The zero-order valence-corrected chi connectivity index (χ0v) is 16.9. The van der Waals surface area contributed by atoms with E-state index in [2.05, 4.69) is 4.98 Å². The van der Waals surface area contributed by atoms with Gasteiger partial charge < -0.3 is 9.84 Å². The third-order valence-electron chi connectivity index (χ3n) is 5.11. The number of esters is 1. The van der Waals surface area contributed by atoms with Gasteiger partial charge in [0.25, 0.3) is 5.78 Å². The molecule has 1 amide bonds. The van der Waals surface area contributed by atoms with Crippen LogP contribution in [0.3, 0.4) is 0 Å². The highest BCUT2D eigenvalue weighted by Gasteiger charge is 2.47. The van der Waals surface area contributed by atoms with E-state index in [9.17, 15) is 23.9 Å². The van der Waals surface area contributed by atoms with Gasteiger partial charge in [-0.2, -0.15) is 0 Å². The summed E-state index contributed by atoms with van der Waals surface area (Å²) in [5.74, 6) is -3.04. The van der Waals surface area contributed by atoms with Crippen molar-refractivity contribution < 1.29 is 28.6 Å². The predicted molar refractivity (Wildman–Crippen MR) is 113 cm³/mol. The number of benzene rings is 2. The molecule has 1 atom stereocenters. The van der Waals surface area contributed by atoms with Crippen molar-refractivity contribution in [2.45, 2.75) is 6.04 Å². The second kappa shape index (κ2) is 8.43. The Balaban J connectivity index is 1.90. The normalized spacial score (nSPS) is 17.4. The number of pyridine rings is 1. The Morgan fingerprint density at radius 3 is 2.25 bits per heavy atom. The number of amides is 1. The lowest BCUT2D eigenvalue weighted by Crippen LogP contribution is -2.30. The second-order valence-corrected chi connectivity index (χ2v) is 6.98. The van der Waals surface area contributed by atoms with Crippen LogP contribution < -0.4 is 4.90 Å². The van der Waals surface area contributed by atoms with Crippen LogP contribution in [0.5, 0.6) is 0 Å². The summed E-state index contributed by atoms with van der Waals surface area (Å²) in [7, 11) is 1.26. The first-order valence-electron chi connectivity index (χ1n) is 9.58. The van der Waals surface area contributed by atoms with Gasteiger partial charge in [-0.15, -0.1) is 0 Å². The highest BCUT2D eigenvalue weighted by atomic mass is 19.1. The SMILES string of the molecule is COC(=O)c1ccc(C2/C(=C(/O)c3ccc(F)cc3)C(=O)C(=O)N2c2ccccn2)cc1. The number of hydrogen-bond donors (Lipinski definition) is 1. The number of nitrogens with zero attached hydrogens (tertiary/aromatic N) is 2. The number of aliphatic hydroxyl groups excluding tert-OH is 1. The van der Waals surface area contributed by atoms with Crippen LogP contribution in [0.4, 0.5) is 10.2 Å². The fourth-order valence-electron chi connectivity index (χ4n) is 3.56. The number of rotatable bonds is 4. The Morgan fingerprint density at radius 2 is 1.66 bits per heavy atom. The zero-order valence-electron chi connectivity index (χ0n) is 16.9. The quantitative estimate of drug-likeness (QED) is 0.293. The standard InChI is InChI=1S/C24H17FN2O5/c1-32-24(31)16-7-5-14(6-8-16)20-19(21(28)15-9-11-17(25)12-10-15)22(29)23(30)27(20)18-4-2-3-13-26-18/h2-13,20,28H,1H3/b21-19-. The molecule has 1 aliphatic heterocycles. The largest absolute Gasteiger partial charge is 0.507 e. The van der Waals surface area contributed by atoms with Crippen LogP contribution in [0.25, 0.3) is 5.76 Å². The van der Waals surface area contributed by atoms with Crippen molar-refractivity contribution in [1.82, 2.24) is 4.98 Å². The molecule has 1 aliphatic rings. The Labute approximate surface area is 182 Å². The van der Waals surface area contributed by atoms with E-state index in [0.29, 0.717) is 5.56 Å². The average Bonchev–Trinajstić information content (AvgIpc) is 3.09. The van der Waals surface area contributed by atoms with Crippen molar-refractivity contribution in [3.63, 3.8) is 0 Å². The van der Waals surface area contributed by atoms with Crippen molar-refractivity contribution in [2.24, 2.45) is 0 Å². The van der Waals surface area contributed by atoms with Gasteiger partial charge in [-0.3, -0.25) is 14.5 Å². The molecule has 160 valence electrons. The molecule has 1 fully saturated rings. The molecule has 8 heteroatoms. The second-order valence-electron chi connectivity index (χ2n) is 6.98. The average molecular weight is 432 g/mol. The van der Waals surface area contributed by atoms with Crippen LogP contribution >= 0.6 is 0 Å². The van der Waals surface area contributed by atoms with E-state index < -0.39 is 35.3 Å². The minimum absolute atomic E-state index is 0.168. The summed E-state index contributed by atoms with van der Waals surface area (Å²) >= 11 is 0. The van der Waals surface area contributed by atoms with E-state index in [1.807, 2.05) is 0 Å². The molecule has 1 N–H and O–H groups in total. The zero-order chi connectivity index (χ0) is 22.8. The smallest absolute Gasteiger partial charge is 0.337 e. The Bertz CT molecular complexity index is 1220. The number of anilines is 1. The Morgan fingerprint density at radius 1 is 1.00 bits per heavy atom. The Kier molecular flexibility index (Phi) is 5.51. The lowest BCUT2D eigenvalue weighted by atomic mass is 9.94. The van der Waals surface area contributed by atoms with Gasteiger partial charge in [0.2, 0.25) is 0 Å². The number of halogens is 1. The third kappa shape index (κ3) is 3.62. The highest BCUT2D eigenvalue weighted by molar-refractivity contribution is 6.51. The van der Waals surface area contributed by atoms with Gasteiger partial charge in [0.1, 0.15) is 17.4 Å². The van der Waals surface area contributed by atoms with Crippen molar-refractivity contribution in [3.8, 4) is 0 Å². The lowest BCUT2D eigenvalue weighted by molar-refractivity contribution is -0.132. The summed E-state index contributed by atoms with van der Waals surface area (Å²) in [6.45, 7) is 0. The Hall–Kier alpha value is -4.33. The maximum absolute atomic E-state index is 13.4. The van der Waals surface area contributed by atoms with Gasteiger partial charge in [0.05, 0.1) is 24.3 Å². The van der Waals surface area contributed by atoms with Gasteiger partial charge >= 0.3 is 11.9 Å². The summed E-state index contributed by atoms with van der Waals surface area (Å²) in [5.41, 5.74) is 0.760. The lowest BCUT2D eigenvalue weighted by Gasteiger charge is -2.24. The molecule has 0 saturated carbocycles. The first kappa shape index (κ1) is 20.9. The molecule has 0 aliphatic carbocycles. The molecular formula is C24H17FN2O5. The number of ketones is 1. The monoisotopic (exact) mass is 432 g/mol. The van der Waals surface area contributed by atoms with E-state index in [0.717, 1.165) is 12.1 Å². The van der Waals surface area contributed by atoms with E-state index in [1.54, 1.807) is 30.3 Å². The molecule has 7 nitrogen and oxygen atoms in total. The number of ether oxygens (including phenoxy) is 1. The summed E-state index contributed by atoms with van der Waals surface area (Å²) < 4.78 is 18.1. The minimum atomic E-state index is -1.01. The van der Waals surface area contributed by atoms with E-state index in [4.69, 9.17) is 4.74 Å². The summed E-state index contributed by atoms with van der Waals surface area (Å²) in [6, 6.07) is 14.9. The number of aromatic nitrogens is 1. The predicted octanol–water partition coefficient (Wildman–Crippen LogP) is 3.63. The van der Waals surface area contributed by atoms with Gasteiger partial charge in [-0.05, 0) is 54.1 Å². The van der Waals surface area contributed by atoms with Crippen LogP contribution in [0, 0.1) is 5.82 Å². The van der Waals surface area contributed by atoms with Crippen LogP contribution in [-0.4, -0.2) is 34.9 Å². The molecule has 2 heterocycles. The van der Waals surface area contributed by atoms with Crippen molar-refractivity contribution in [1.29, 1.82) is 0 Å². The molecule has 0 spiro atoms. The highest BCUT2D eigenvalue weighted by Crippen LogP contribution is 2.41. The molecule has 32 heavy (non-hydrogen) atoms. The van der Waals surface area contributed by atoms with Gasteiger partial charge in [0, 0.05) is 11.8 Å². The first-order valence-corrected chi connectivity index (χ1v) is 9.58. The molecule has 0 bridgehead atoms. The minimum Gasteiger partial charge on any atom is -0.507 e. The molecule has 2 aromatic carbocycles. The van der Waals surface area contributed by atoms with Crippen molar-refractivity contribution in [2.75, 3.05) is 12.0 Å². The summed E-state index contributed by atoms with van der Waals surface area (Å²) in [5, 5.41) is 10.9. The molecule has 1 aromatic heterocycles. The molecule has 3 aromatic rings.